The summed E-state index contributed by atoms with van der Waals surface area (Å²) in [6.45, 7) is 10.1. The first-order valence-corrected chi connectivity index (χ1v) is 35.5. The molecule has 105 heavy (non-hydrogen) atoms. The van der Waals surface area contributed by atoms with Crippen LogP contribution in [0.2, 0.25) is 0 Å². The molecule has 5 unspecified atom stereocenters. The zero-order valence-electron chi connectivity index (χ0n) is 61.0. The van der Waals surface area contributed by atoms with Gasteiger partial charge in [-0.05, 0) is 102 Å². The van der Waals surface area contributed by atoms with Gasteiger partial charge in [-0.25, -0.2) is 4.79 Å². The molecule has 578 valence electrons. The van der Waals surface area contributed by atoms with Gasteiger partial charge in [0.1, 0.15) is 65.8 Å². The third-order valence-corrected chi connectivity index (χ3v) is 18.3. The van der Waals surface area contributed by atoms with Crippen molar-refractivity contribution in [3.63, 3.8) is 0 Å². The minimum atomic E-state index is -2.48. The average Bonchev–Trinajstić information content (AvgIpc) is 1.76. The molecule has 33 heteroatoms. The molecule has 33 nitrogen and oxygen atoms in total. The Labute approximate surface area is 610 Å². The molecule has 14 atom stereocenters. The van der Waals surface area contributed by atoms with Gasteiger partial charge in [-0.15, -0.1) is 0 Å². The van der Waals surface area contributed by atoms with Crippen LogP contribution < -0.4 is 53.6 Å². The van der Waals surface area contributed by atoms with Gasteiger partial charge in [-0.2, -0.15) is 0 Å². The summed E-state index contributed by atoms with van der Waals surface area (Å²) in [7, 11) is 1.36. The van der Waals surface area contributed by atoms with Gasteiger partial charge in [-0.1, -0.05) is 101 Å². The van der Waals surface area contributed by atoms with Crippen LogP contribution in [-0.2, 0) is 84.7 Å². The summed E-state index contributed by atoms with van der Waals surface area (Å²) in [5.41, 5.74) is 5.74. The van der Waals surface area contributed by atoms with E-state index in [1.54, 1.807) is 88.4 Å². The highest BCUT2D eigenvalue weighted by atomic mass is 16.5. The molecule has 2 aromatic carbocycles. The second-order valence-corrected chi connectivity index (χ2v) is 27.5. The van der Waals surface area contributed by atoms with Crippen LogP contribution in [0, 0.1) is 11.8 Å². The van der Waals surface area contributed by atoms with E-state index in [-0.39, 0.29) is 82.7 Å². The highest BCUT2D eigenvalue weighted by Crippen LogP contribution is 2.26. The van der Waals surface area contributed by atoms with E-state index in [2.05, 4.69) is 47.9 Å². The molecule has 2 aromatic rings. The van der Waals surface area contributed by atoms with Crippen molar-refractivity contribution < 1.29 is 97.4 Å². The lowest BCUT2D eigenvalue weighted by Gasteiger charge is -2.34. The van der Waals surface area contributed by atoms with E-state index in [0.717, 1.165) is 33.8 Å². The summed E-state index contributed by atoms with van der Waals surface area (Å²) >= 11 is 0. The highest BCUT2D eigenvalue weighted by Gasteiger charge is 2.44. The van der Waals surface area contributed by atoms with E-state index in [1.807, 2.05) is 0 Å². The number of benzene rings is 2. The molecule has 0 bridgehead atoms. The molecule has 0 spiro atoms. The van der Waals surface area contributed by atoms with Crippen molar-refractivity contribution in [2.75, 3.05) is 33.3 Å². The summed E-state index contributed by atoms with van der Waals surface area (Å²) in [6, 6.07) is 2.65. The summed E-state index contributed by atoms with van der Waals surface area (Å²) in [4.78, 5) is 202. The number of carbonyl (C=O) groups excluding carboxylic acids is 14. The molecular weight excluding hydrogens is 1370 g/mol. The van der Waals surface area contributed by atoms with Crippen LogP contribution in [-0.4, -0.2) is 241 Å². The third kappa shape index (κ3) is 26.1. The number of hydrogen-bond donors (Lipinski definition) is 15. The number of primary amides is 1. The van der Waals surface area contributed by atoms with Gasteiger partial charge in [-0.3, -0.25) is 62.3 Å². The SMILES string of the molecule is C/C=C1\NC(=O)[C@H](Cc2ccccc2)NC(=O)[C@@H]2CCCN2C(=O)CNC(=O)[C@H](CCC(N)=O)NC(=O)C(O)C(CC(CC(O)C(O)CC(C)C)OC(=O)[C@H](CC(C)C)N(C)C(C)=O)NC(=O)[C@@H]2CCCN2C(=O)[C@H](CCc2ccccc2)NC(=O)[C@H]([C@@H](C)O)NC(=O)/C(=C\C)NC(=O)[C@H](CO)NC1=O. The predicted octanol–water partition coefficient (Wildman–Crippen LogP) is -2.73. The first-order chi connectivity index (χ1) is 49.7. The van der Waals surface area contributed by atoms with Gasteiger partial charge in [0.25, 0.3) is 17.7 Å². The number of nitrogens with two attached hydrogens (primary N) is 1. The van der Waals surface area contributed by atoms with E-state index in [1.165, 1.54) is 27.8 Å². The quantitative estimate of drug-likeness (QED) is 0.0420. The number of esters is 1. The van der Waals surface area contributed by atoms with Crippen molar-refractivity contribution in [3.05, 3.63) is 95.3 Å². The van der Waals surface area contributed by atoms with Crippen molar-refractivity contribution in [2.24, 2.45) is 17.6 Å². The minimum Gasteiger partial charge on any atom is -0.461 e. The largest absolute Gasteiger partial charge is 0.461 e. The van der Waals surface area contributed by atoms with Crippen LogP contribution in [0.25, 0.3) is 0 Å². The Kier molecular flexibility index (Phi) is 34.1. The smallest absolute Gasteiger partial charge is 0.329 e. The average molecular weight is 1470 g/mol. The predicted molar refractivity (Wildman–Crippen MR) is 378 cm³/mol. The fraction of sp³-hybridized carbons (Fsp3) is 0.583. The van der Waals surface area contributed by atoms with E-state index in [0.29, 0.717) is 11.1 Å². The number of nitrogens with zero attached hydrogens (tertiary/aromatic N) is 3. The monoisotopic (exact) mass is 1470 g/mol. The van der Waals surface area contributed by atoms with E-state index < -0.39 is 218 Å². The van der Waals surface area contributed by atoms with Crippen LogP contribution in [0.3, 0.4) is 0 Å². The number of aliphatic hydroxyl groups excluding tert-OH is 5. The lowest BCUT2D eigenvalue weighted by atomic mass is 9.93. The van der Waals surface area contributed by atoms with Crippen LogP contribution in [0.4, 0.5) is 0 Å². The summed E-state index contributed by atoms with van der Waals surface area (Å²) < 4.78 is 6.07. The normalized spacial score (nSPS) is 25.1. The van der Waals surface area contributed by atoms with E-state index in [4.69, 9.17) is 10.5 Å². The number of rotatable bonds is 22. The Balaban J connectivity index is 1.65. The molecule has 3 saturated heterocycles. The van der Waals surface area contributed by atoms with Gasteiger partial charge in [0.05, 0.1) is 37.5 Å². The maximum atomic E-state index is 15.2. The molecule has 3 fully saturated rings. The zero-order valence-corrected chi connectivity index (χ0v) is 61.0. The number of hydrogen-bond acceptors (Lipinski definition) is 20. The van der Waals surface area contributed by atoms with Gasteiger partial charge in [0.2, 0.25) is 59.1 Å². The maximum absolute atomic E-state index is 15.2. The molecular formula is C72H105N13O20. The molecule has 3 aliphatic heterocycles. The van der Waals surface area contributed by atoms with Crippen LogP contribution in [0.5, 0.6) is 0 Å². The van der Waals surface area contributed by atoms with Crippen LogP contribution in [0.1, 0.15) is 137 Å². The maximum Gasteiger partial charge on any atom is 0.329 e. The standard InChI is InChI=1S/C72H105N13O20/c1-10-46-63(95)81-52(38-86)66(98)76-47(11-2)64(96)82-60(41(7)87)69(101)78-49(27-26-43-20-14-12-15-21-43)71(103)85-31-19-25-54(85)68(100)79-50(35-45(36-57(90)56(89)33-40(5)6)105-72(104)55(32-39(3)4)83(9)42(8)88)61(93)70(102)77-48(28-29-58(73)91)62(94)74-37-59(92)84-30-18-24-53(84)67(99)80-51(65(97)75-46)34-44-22-16-13-17-23-44/h10-17,20-23,39-41,45,48-57,60-61,86-87,89-90,93H,18-19,24-38H2,1-9H3,(H2,73,91)(H,74,94)(H,75,97)(H,76,98)(H,77,102)(H,78,101)(H,79,100)(H,80,99)(H,81,95)(H,82,96)/b46-10-,47-11+/t41-,45?,48+,49+,50?,51+,52+,53+,54+,55+,56?,57?,60+,61?/m1/s1. The van der Waals surface area contributed by atoms with Gasteiger partial charge in [0, 0.05) is 52.7 Å². The Morgan fingerprint density at radius 1 is 0.619 bits per heavy atom. The Morgan fingerprint density at radius 2 is 1.14 bits per heavy atom. The lowest BCUT2D eigenvalue weighted by molar-refractivity contribution is -0.162. The van der Waals surface area contributed by atoms with Gasteiger partial charge < -0.3 is 98.6 Å². The summed E-state index contributed by atoms with van der Waals surface area (Å²) in [5.74, 6) is -14.5. The van der Waals surface area contributed by atoms with Crippen LogP contribution >= 0.6 is 0 Å². The number of aryl methyl sites for hydroxylation is 1. The number of likely N-dealkylation sites (N-methyl/N-ethyl adjacent to an activating group) is 1. The number of aliphatic hydroxyl groups is 5. The van der Waals surface area contributed by atoms with E-state index >= 15 is 9.59 Å². The Bertz CT molecular complexity index is 3450. The molecule has 3 heterocycles. The minimum absolute atomic E-state index is 0.0252. The lowest BCUT2D eigenvalue weighted by Crippen LogP contribution is -2.61. The van der Waals surface area contributed by atoms with Crippen molar-refractivity contribution >= 4 is 82.8 Å². The highest BCUT2D eigenvalue weighted by molar-refractivity contribution is 6.04. The number of allylic oxidation sites excluding steroid dienone is 2. The number of ether oxygens (including phenoxy) is 1. The van der Waals surface area contributed by atoms with Gasteiger partial charge in [0.15, 0.2) is 6.10 Å². The second kappa shape index (κ2) is 41.7. The van der Waals surface area contributed by atoms with Crippen molar-refractivity contribution in [2.45, 2.75) is 224 Å². The Hall–Kier alpha value is -9.70. The summed E-state index contributed by atoms with van der Waals surface area (Å²) in [6.07, 6.45) is -8.89. The number of carbonyl (C=O) groups is 14. The van der Waals surface area contributed by atoms with Crippen molar-refractivity contribution in [1.29, 1.82) is 0 Å². The fourth-order valence-electron chi connectivity index (χ4n) is 12.4. The van der Waals surface area contributed by atoms with E-state index in [9.17, 15) is 83.1 Å². The van der Waals surface area contributed by atoms with Gasteiger partial charge >= 0.3 is 5.97 Å². The third-order valence-electron chi connectivity index (χ3n) is 18.3. The topological polar surface area (TPSA) is 493 Å². The van der Waals surface area contributed by atoms with Crippen LogP contribution in [0.15, 0.2) is 84.2 Å². The molecule has 5 rings (SSSR count). The first-order valence-electron chi connectivity index (χ1n) is 35.5. The molecule has 0 saturated carbocycles. The second-order valence-electron chi connectivity index (χ2n) is 27.5. The first kappa shape index (κ1) is 85.9. The molecule has 3 aliphatic rings. The molecule has 13 amide bonds. The molecule has 0 aromatic heterocycles. The van der Waals surface area contributed by atoms with Crippen molar-refractivity contribution in [3.8, 4) is 0 Å². The molecule has 0 aliphatic carbocycles. The molecule has 0 radical (unpaired) electrons. The number of fused-ring (bicyclic) bond motifs is 2. The molecule has 16 N–H and O–H groups in total. The van der Waals surface area contributed by atoms with Crippen molar-refractivity contribution in [1.82, 2.24) is 62.6 Å². The zero-order chi connectivity index (χ0) is 77.9. The summed E-state index contributed by atoms with van der Waals surface area (Å²) in [5, 5.41) is 78.8. The fourth-order valence-corrected chi connectivity index (χ4v) is 12.4. The Morgan fingerprint density at radius 3 is 1.70 bits per heavy atom. The number of nitrogens with one attached hydrogen (secondary N) is 9. The number of amides is 13.